The first-order valence-corrected chi connectivity index (χ1v) is 9.77. The average molecular weight is 459 g/mol. The number of rotatable bonds is 11. The average Bonchev–Trinajstić information content (AvgIpc) is 2.76. The topological polar surface area (TPSA) is 179 Å². The van der Waals surface area contributed by atoms with E-state index in [0.29, 0.717) is 5.56 Å². The summed E-state index contributed by atoms with van der Waals surface area (Å²) in [4.78, 5) is 57.2. The van der Waals surface area contributed by atoms with Crippen molar-refractivity contribution in [2.24, 2.45) is 0 Å². The highest BCUT2D eigenvalue weighted by Gasteiger charge is 2.33. The lowest BCUT2D eigenvalue weighted by molar-refractivity contribution is -0.385. The summed E-state index contributed by atoms with van der Waals surface area (Å²) < 4.78 is 4.91. The standard InChI is InChI=1S/C21H21N3O9/c1-2-33-19(26)12-17(14-6-8-15(9-7-14)23(29)30)20(21(27)28)22-18(25)11-13-4-3-5-16(10-13)24(31)32/h3-10,17,20H,2,11-12H2,1H3,(H,22,25)(H,27,28)/t17-,20-/m1/s1. The Hall–Kier alpha value is -4.35. The van der Waals surface area contributed by atoms with Crippen LogP contribution >= 0.6 is 0 Å². The van der Waals surface area contributed by atoms with Crippen LogP contribution in [0, 0.1) is 20.2 Å². The van der Waals surface area contributed by atoms with Gasteiger partial charge in [0.1, 0.15) is 6.04 Å². The van der Waals surface area contributed by atoms with E-state index < -0.39 is 46.1 Å². The van der Waals surface area contributed by atoms with Gasteiger partial charge in [-0.05, 0) is 18.1 Å². The normalized spacial score (nSPS) is 12.3. The largest absolute Gasteiger partial charge is 0.480 e. The highest BCUT2D eigenvalue weighted by molar-refractivity contribution is 5.86. The minimum atomic E-state index is -1.57. The van der Waals surface area contributed by atoms with Gasteiger partial charge in [0.05, 0.1) is 29.3 Å². The number of carbonyl (C=O) groups excluding carboxylic acids is 2. The number of esters is 1. The zero-order valence-corrected chi connectivity index (χ0v) is 17.5. The van der Waals surface area contributed by atoms with E-state index in [0.717, 1.165) is 12.1 Å². The number of hydrogen-bond donors (Lipinski definition) is 2. The molecule has 2 rings (SSSR count). The second-order valence-electron chi connectivity index (χ2n) is 6.95. The molecule has 1 amide bonds. The van der Waals surface area contributed by atoms with Gasteiger partial charge in [-0.2, -0.15) is 0 Å². The second kappa shape index (κ2) is 11.3. The van der Waals surface area contributed by atoms with Crippen LogP contribution < -0.4 is 5.32 Å². The highest BCUT2D eigenvalue weighted by atomic mass is 16.6. The van der Waals surface area contributed by atoms with Crippen molar-refractivity contribution in [3.05, 3.63) is 79.9 Å². The molecule has 2 atom stereocenters. The molecule has 2 aromatic carbocycles. The molecule has 12 nitrogen and oxygen atoms in total. The summed E-state index contributed by atoms with van der Waals surface area (Å²) in [6.45, 7) is 1.64. The van der Waals surface area contributed by atoms with Gasteiger partial charge in [0.2, 0.25) is 5.91 Å². The van der Waals surface area contributed by atoms with Crippen molar-refractivity contribution in [2.75, 3.05) is 6.61 Å². The summed E-state index contributed by atoms with van der Waals surface area (Å²) >= 11 is 0. The molecule has 0 saturated carbocycles. The summed E-state index contributed by atoms with van der Waals surface area (Å²) in [5, 5.41) is 33.9. The van der Waals surface area contributed by atoms with E-state index in [-0.39, 0.29) is 30.0 Å². The van der Waals surface area contributed by atoms with Crippen molar-refractivity contribution < 1.29 is 34.1 Å². The lowest BCUT2D eigenvalue weighted by Crippen LogP contribution is -2.46. The number of hydrogen-bond acceptors (Lipinski definition) is 8. The minimum absolute atomic E-state index is 0.0582. The van der Waals surface area contributed by atoms with Gasteiger partial charge in [-0.3, -0.25) is 29.8 Å². The molecule has 0 radical (unpaired) electrons. The molecule has 0 fully saturated rings. The molecule has 0 aliphatic carbocycles. The fourth-order valence-corrected chi connectivity index (χ4v) is 3.20. The van der Waals surface area contributed by atoms with Crippen molar-refractivity contribution in [1.82, 2.24) is 5.32 Å². The number of nitro benzene ring substituents is 2. The van der Waals surface area contributed by atoms with Gasteiger partial charge >= 0.3 is 11.9 Å². The van der Waals surface area contributed by atoms with Crippen LogP contribution in [-0.4, -0.2) is 45.4 Å². The molecule has 2 aromatic rings. The minimum Gasteiger partial charge on any atom is -0.480 e. The summed E-state index contributed by atoms with van der Waals surface area (Å²) in [6.07, 6.45) is -0.739. The van der Waals surface area contributed by atoms with E-state index in [2.05, 4.69) is 5.32 Å². The fourth-order valence-electron chi connectivity index (χ4n) is 3.20. The van der Waals surface area contributed by atoms with Crippen molar-refractivity contribution in [3.63, 3.8) is 0 Å². The predicted molar refractivity (Wildman–Crippen MR) is 113 cm³/mol. The number of carboxylic acid groups (broad SMARTS) is 1. The molecule has 0 aliphatic heterocycles. The maximum atomic E-state index is 12.5. The molecule has 0 aliphatic rings. The number of carboxylic acids is 1. The molecule has 0 unspecified atom stereocenters. The van der Waals surface area contributed by atoms with Crippen LogP contribution in [0.4, 0.5) is 11.4 Å². The van der Waals surface area contributed by atoms with Crippen molar-refractivity contribution in [1.29, 1.82) is 0 Å². The molecular weight excluding hydrogens is 438 g/mol. The quantitative estimate of drug-likeness (QED) is 0.290. The Morgan fingerprint density at radius 2 is 1.67 bits per heavy atom. The van der Waals surface area contributed by atoms with Crippen molar-refractivity contribution >= 4 is 29.2 Å². The number of ether oxygens (including phenoxy) is 1. The Labute approximate surface area is 187 Å². The molecule has 0 spiro atoms. The van der Waals surface area contributed by atoms with Crippen molar-refractivity contribution in [2.45, 2.75) is 31.7 Å². The molecule has 0 heterocycles. The van der Waals surface area contributed by atoms with Crippen LogP contribution in [0.2, 0.25) is 0 Å². The Bertz CT molecular complexity index is 1050. The number of aliphatic carboxylic acids is 1. The summed E-state index contributed by atoms with van der Waals surface area (Å²) in [6, 6.07) is 8.71. The number of benzene rings is 2. The van der Waals surface area contributed by atoms with E-state index in [4.69, 9.17) is 4.74 Å². The van der Waals surface area contributed by atoms with E-state index in [9.17, 15) is 39.7 Å². The lowest BCUT2D eigenvalue weighted by Gasteiger charge is -2.25. The van der Waals surface area contributed by atoms with Crippen molar-refractivity contribution in [3.8, 4) is 0 Å². The Balaban J connectivity index is 2.30. The molecular formula is C21H21N3O9. The van der Waals surface area contributed by atoms with Gasteiger partial charge < -0.3 is 15.2 Å². The monoisotopic (exact) mass is 459 g/mol. The zero-order chi connectivity index (χ0) is 24.5. The molecule has 174 valence electrons. The van der Waals surface area contributed by atoms with Crippen LogP contribution in [0.5, 0.6) is 0 Å². The maximum absolute atomic E-state index is 12.5. The summed E-state index contributed by atoms with van der Waals surface area (Å²) in [7, 11) is 0. The van der Waals surface area contributed by atoms with E-state index >= 15 is 0 Å². The van der Waals surface area contributed by atoms with Gasteiger partial charge in [-0.15, -0.1) is 0 Å². The summed E-state index contributed by atoms with van der Waals surface area (Å²) in [5.74, 6) is -3.97. The Morgan fingerprint density at radius 3 is 2.21 bits per heavy atom. The number of nitrogens with zero attached hydrogens (tertiary/aromatic N) is 2. The van der Waals surface area contributed by atoms with Crippen LogP contribution in [0.25, 0.3) is 0 Å². The Morgan fingerprint density at radius 1 is 1.03 bits per heavy atom. The van der Waals surface area contributed by atoms with Crippen LogP contribution in [0.3, 0.4) is 0 Å². The van der Waals surface area contributed by atoms with E-state index in [1.807, 2.05) is 0 Å². The zero-order valence-electron chi connectivity index (χ0n) is 17.5. The van der Waals surface area contributed by atoms with Gasteiger partial charge in [0, 0.05) is 30.2 Å². The molecule has 0 aromatic heterocycles. The molecule has 0 saturated heterocycles. The second-order valence-corrected chi connectivity index (χ2v) is 6.95. The fraction of sp³-hybridized carbons (Fsp3) is 0.286. The number of carbonyl (C=O) groups is 3. The molecule has 33 heavy (non-hydrogen) atoms. The number of amides is 1. The third-order valence-electron chi connectivity index (χ3n) is 4.69. The molecule has 12 heteroatoms. The first-order chi connectivity index (χ1) is 15.6. The third kappa shape index (κ3) is 7.09. The van der Waals surface area contributed by atoms with Gasteiger partial charge in [0.15, 0.2) is 0 Å². The molecule has 0 bridgehead atoms. The smallest absolute Gasteiger partial charge is 0.326 e. The Kier molecular flexibility index (Phi) is 8.55. The first kappa shape index (κ1) is 24.9. The lowest BCUT2D eigenvalue weighted by atomic mass is 9.88. The SMILES string of the molecule is CCOC(=O)C[C@H](c1ccc([N+](=O)[O-])cc1)[C@@H](NC(=O)Cc1cccc([N+](=O)[O-])c1)C(=O)O. The van der Waals surface area contributed by atoms with E-state index in [1.165, 1.54) is 36.4 Å². The van der Waals surface area contributed by atoms with Crippen LogP contribution in [0.15, 0.2) is 48.5 Å². The maximum Gasteiger partial charge on any atom is 0.326 e. The first-order valence-electron chi connectivity index (χ1n) is 9.77. The summed E-state index contributed by atoms with van der Waals surface area (Å²) in [5.41, 5.74) is 0.121. The predicted octanol–water partition coefficient (Wildman–Crippen LogP) is 2.35. The van der Waals surface area contributed by atoms with E-state index in [1.54, 1.807) is 6.92 Å². The van der Waals surface area contributed by atoms with Gasteiger partial charge in [-0.1, -0.05) is 24.3 Å². The number of non-ortho nitro benzene ring substituents is 2. The van der Waals surface area contributed by atoms with Crippen LogP contribution in [0.1, 0.15) is 30.4 Å². The number of nitro groups is 2. The van der Waals surface area contributed by atoms with Gasteiger partial charge in [-0.25, -0.2) is 4.79 Å². The van der Waals surface area contributed by atoms with Gasteiger partial charge in [0.25, 0.3) is 11.4 Å². The van der Waals surface area contributed by atoms with Crippen LogP contribution in [-0.2, 0) is 25.5 Å². The number of nitrogens with one attached hydrogen (secondary N) is 1. The third-order valence-corrected chi connectivity index (χ3v) is 4.69. The highest BCUT2D eigenvalue weighted by Crippen LogP contribution is 2.27. The molecule has 2 N–H and O–H groups in total.